The summed E-state index contributed by atoms with van der Waals surface area (Å²) in [4.78, 5) is 13.4. The van der Waals surface area contributed by atoms with Gasteiger partial charge >= 0.3 is 6.18 Å². The number of nitrogens with zero attached hydrogens (tertiary/aromatic N) is 1. The molecule has 3 aromatic carbocycles. The van der Waals surface area contributed by atoms with E-state index in [4.69, 9.17) is 11.6 Å². The van der Waals surface area contributed by atoms with Crippen LogP contribution >= 0.6 is 23.4 Å². The third kappa shape index (κ3) is 5.82. The fourth-order valence-corrected chi connectivity index (χ4v) is 5.24. The molecule has 3 aromatic rings. The molecule has 5 nitrogen and oxygen atoms in total. The Balaban J connectivity index is 2.06. The first-order chi connectivity index (χ1) is 15.5. The van der Waals surface area contributed by atoms with Gasteiger partial charge in [-0.2, -0.15) is 13.2 Å². The van der Waals surface area contributed by atoms with E-state index in [2.05, 4.69) is 5.32 Å². The van der Waals surface area contributed by atoms with Gasteiger partial charge in [0.1, 0.15) is 6.54 Å². The van der Waals surface area contributed by atoms with Crippen LogP contribution < -0.4 is 9.62 Å². The van der Waals surface area contributed by atoms with Crippen molar-refractivity contribution in [3.8, 4) is 0 Å². The molecule has 0 fully saturated rings. The number of rotatable bonds is 7. The van der Waals surface area contributed by atoms with Gasteiger partial charge in [0.15, 0.2) is 0 Å². The molecule has 0 heterocycles. The van der Waals surface area contributed by atoms with Gasteiger partial charge in [-0.15, -0.1) is 11.8 Å². The van der Waals surface area contributed by atoms with Crippen LogP contribution in [0.15, 0.2) is 82.6 Å². The largest absolute Gasteiger partial charge is 0.416 e. The monoisotopic (exact) mass is 514 g/mol. The van der Waals surface area contributed by atoms with Crippen LogP contribution in [0.1, 0.15) is 5.56 Å². The molecule has 0 saturated carbocycles. The number of para-hydroxylation sites is 1. The van der Waals surface area contributed by atoms with Gasteiger partial charge in [-0.25, -0.2) is 8.42 Å². The summed E-state index contributed by atoms with van der Waals surface area (Å²) < 4.78 is 67.3. The van der Waals surface area contributed by atoms with E-state index in [0.717, 1.165) is 17.0 Å². The van der Waals surface area contributed by atoms with Crippen LogP contribution in [0.5, 0.6) is 0 Å². The summed E-state index contributed by atoms with van der Waals surface area (Å²) >= 11 is 7.49. The Labute approximate surface area is 198 Å². The molecule has 0 aliphatic heterocycles. The molecule has 0 saturated heterocycles. The van der Waals surface area contributed by atoms with E-state index in [0.29, 0.717) is 16.1 Å². The van der Waals surface area contributed by atoms with Crippen LogP contribution in [0, 0.1) is 0 Å². The second-order valence-corrected chi connectivity index (χ2v) is 9.85. The highest BCUT2D eigenvalue weighted by Crippen LogP contribution is 2.37. The zero-order valence-corrected chi connectivity index (χ0v) is 19.5. The van der Waals surface area contributed by atoms with E-state index >= 15 is 0 Å². The lowest BCUT2D eigenvalue weighted by Crippen LogP contribution is -2.38. The molecule has 0 radical (unpaired) electrons. The number of benzene rings is 3. The minimum atomic E-state index is -4.74. The molecule has 1 amide bonds. The van der Waals surface area contributed by atoms with Gasteiger partial charge in [-0.05, 0) is 48.7 Å². The summed E-state index contributed by atoms with van der Waals surface area (Å²) in [6, 6.07) is 16.3. The lowest BCUT2D eigenvalue weighted by atomic mass is 10.2. The third-order valence-corrected chi connectivity index (χ3v) is 7.43. The van der Waals surface area contributed by atoms with Crippen LogP contribution in [0.25, 0.3) is 0 Å². The number of thioether (sulfide) groups is 1. The minimum absolute atomic E-state index is 0.198. The van der Waals surface area contributed by atoms with Gasteiger partial charge in [-0.3, -0.25) is 9.10 Å². The Bertz CT molecular complexity index is 1250. The summed E-state index contributed by atoms with van der Waals surface area (Å²) in [5, 5.41) is 2.37. The van der Waals surface area contributed by atoms with Crippen molar-refractivity contribution in [3.05, 3.63) is 83.4 Å². The number of sulfonamides is 1. The number of amides is 1. The van der Waals surface area contributed by atoms with Gasteiger partial charge in [0.25, 0.3) is 10.0 Å². The topological polar surface area (TPSA) is 66.5 Å². The smallest absolute Gasteiger partial charge is 0.323 e. The van der Waals surface area contributed by atoms with Gasteiger partial charge in [-0.1, -0.05) is 41.9 Å². The van der Waals surface area contributed by atoms with E-state index in [1.54, 1.807) is 36.6 Å². The van der Waals surface area contributed by atoms with Crippen molar-refractivity contribution in [1.82, 2.24) is 0 Å². The number of hydrogen-bond donors (Lipinski definition) is 1. The second kappa shape index (κ2) is 10.1. The standard InChI is InChI=1S/C22H18ClF3N2O3S2/c1-32-20-10-6-5-9-18(20)27-21(29)14-28(33(30,31)16-7-3-2-4-8-16)19-13-15(22(24,25)26)11-12-17(19)23/h2-13H,14H2,1H3,(H,27,29). The summed E-state index contributed by atoms with van der Waals surface area (Å²) in [5.74, 6) is -0.746. The van der Waals surface area contributed by atoms with E-state index < -0.39 is 39.9 Å². The van der Waals surface area contributed by atoms with Crippen molar-refractivity contribution >= 4 is 50.7 Å². The second-order valence-electron chi connectivity index (χ2n) is 6.74. The Hall–Kier alpha value is -2.69. The highest BCUT2D eigenvalue weighted by atomic mass is 35.5. The number of carbonyl (C=O) groups excluding carboxylic acids is 1. The predicted octanol–water partition coefficient (Wildman–Crippen LogP) is 5.91. The summed E-state index contributed by atoms with van der Waals surface area (Å²) in [5.41, 5.74) is -1.10. The molecule has 33 heavy (non-hydrogen) atoms. The molecule has 11 heteroatoms. The molecule has 3 rings (SSSR count). The summed E-state index contributed by atoms with van der Waals surface area (Å²) in [6.07, 6.45) is -2.93. The van der Waals surface area contributed by atoms with Crippen LogP contribution in [0.3, 0.4) is 0 Å². The molecule has 0 unspecified atom stereocenters. The molecule has 0 aliphatic carbocycles. The number of hydrogen-bond acceptors (Lipinski definition) is 4. The zero-order chi connectivity index (χ0) is 24.2. The van der Waals surface area contributed by atoms with Gasteiger partial charge in [0, 0.05) is 4.90 Å². The van der Waals surface area contributed by atoms with Crippen molar-refractivity contribution < 1.29 is 26.4 Å². The molecule has 174 valence electrons. The Kier molecular flexibility index (Phi) is 7.61. The average Bonchev–Trinajstić information content (AvgIpc) is 2.78. The lowest BCUT2D eigenvalue weighted by molar-refractivity contribution is -0.137. The normalized spacial score (nSPS) is 11.8. The number of carbonyl (C=O) groups is 1. The number of nitrogens with one attached hydrogen (secondary N) is 1. The quantitative estimate of drug-likeness (QED) is 0.398. The van der Waals surface area contributed by atoms with Crippen molar-refractivity contribution in [2.24, 2.45) is 0 Å². The Morgan fingerprint density at radius 1 is 1.03 bits per heavy atom. The van der Waals surface area contributed by atoms with Gasteiger partial charge in [0.05, 0.1) is 26.9 Å². The van der Waals surface area contributed by atoms with Crippen molar-refractivity contribution in [3.63, 3.8) is 0 Å². The molecule has 0 aromatic heterocycles. The van der Waals surface area contributed by atoms with Crippen molar-refractivity contribution in [2.75, 3.05) is 22.4 Å². The average molecular weight is 515 g/mol. The maximum atomic E-state index is 13.4. The third-order valence-electron chi connectivity index (χ3n) is 4.54. The van der Waals surface area contributed by atoms with Crippen LogP contribution in [-0.2, 0) is 21.0 Å². The highest BCUT2D eigenvalue weighted by molar-refractivity contribution is 7.98. The molecule has 0 atom stereocenters. The number of anilines is 2. The Morgan fingerprint density at radius 2 is 1.67 bits per heavy atom. The molecule has 0 spiro atoms. The number of alkyl halides is 3. The highest BCUT2D eigenvalue weighted by Gasteiger charge is 2.34. The van der Waals surface area contributed by atoms with Gasteiger partial charge < -0.3 is 5.32 Å². The predicted molar refractivity (Wildman–Crippen MR) is 124 cm³/mol. The van der Waals surface area contributed by atoms with Crippen LogP contribution in [0.2, 0.25) is 5.02 Å². The SMILES string of the molecule is CSc1ccccc1NC(=O)CN(c1cc(C(F)(F)F)ccc1Cl)S(=O)(=O)c1ccccc1. The summed E-state index contributed by atoms with van der Waals surface area (Å²) in [6.45, 7) is -0.791. The minimum Gasteiger partial charge on any atom is -0.323 e. The first-order valence-electron chi connectivity index (χ1n) is 9.41. The summed E-state index contributed by atoms with van der Waals surface area (Å²) in [7, 11) is -4.43. The van der Waals surface area contributed by atoms with Crippen LogP contribution in [-0.4, -0.2) is 27.1 Å². The molecule has 1 N–H and O–H groups in total. The maximum Gasteiger partial charge on any atom is 0.416 e. The first-order valence-corrected chi connectivity index (χ1v) is 12.5. The molecular formula is C22H18ClF3N2O3S2. The molecule has 0 aliphatic rings. The van der Waals surface area contributed by atoms with E-state index in [-0.39, 0.29) is 9.92 Å². The van der Waals surface area contributed by atoms with Crippen molar-refractivity contribution in [1.29, 1.82) is 0 Å². The first kappa shape index (κ1) is 24.9. The van der Waals surface area contributed by atoms with E-state index in [1.807, 2.05) is 0 Å². The van der Waals surface area contributed by atoms with E-state index in [9.17, 15) is 26.4 Å². The fourth-order valence-electron chi connectivity index (χ4n) is 2.97. The maximum absolute atomic E-state index is 13.4. The fraction of sp³-hybridized carbons (Fsp3) is 0.136. The lowest BCUT2D eigenvalue weighted by Gasteiger charge is -2.26. The number of halogens is 4. The molecule has 0 bridgehead atoms. The zero-order valence-electron chi connectivity index (χ0n) is 17.1. The van der Waals surface area contributed by atoms with Crippen molar-refractivity contribution in [2.45, 2.75) is 16.0 Å². The van der Waals surface area contributed by atoms with Crippen LogP contribution in [0.4, 0.5) is 24.5 Å². The Morgan fingerprint density at radius 3 is 2.30 bits per heavy atom. The molecular weight excluding hydrogens is 497 g/mol. The van der Waals surface area contributed by atoms with E-state index in [1.165, 1.54) is 36.0 Å². The van der Waals surface area contributed by atoms with Gasteiger partial charge in [0.2, 0.25) is 5.91 Å².